The van der Waals surface area contributed by atoms with E-state index in [1.165, 1.54) is 11.0 Å². The number of aromatic nitrogens is 1. The molecule has 6 nitrogen and oxygen atoms in total. The van der Waals surface area contributed by atoms with E-state index in [4.69, 9.17) is 4.74 Å². The van der Waals surface area contributed by atoms with E-state index in [0.717, 1.165) is 12.1 Å². The fraction of sp³-hybridized carbons (Fsp3) is 0.381. The van der Waals surface area contributed by atoms with Crippen molar-refractivity contribution in [1.82, 2.24) is 9.88 Å². The van der Waals surface area contributed by atoms with E-state index in [1.54, 1.807) is 24.4 Å². The molecule has 1 aliphatic rings. The molecule has 9 heteroatoms. The Bertz CT molecular complexity index is 903. The molecule has 0 spiro atoms. The summed E-state index contributed by atoms with van der Waals surface area (Å²) in [6, 6.07) is 8.30. The maximum Gasteiger partial charge on any atom is 0.416 e. The van der Waals surface area contributed by atoms with Crippen LogP contribution < -0.4 is 10.1 Å². The van der Waals surface area contributed by atoms with Gasteiger partial charge in [-0.05, 0) is 36.8 Å². The van der Waals surface area contributed by atoms with E-state index in [1.807, 2.05) is 6.92 Å². The first-order chi connectivity index (χ1) is 14.3. The SMILES string of the molecule is CCCOc1ccc(C(F)(F)F)cc1NC(=O)C1CC(=O)N(Cc2ccccn2)C1. The third kappa shape index (κ3) is 5.28. The van der Waals surface area contributed by atoms with Crippen LogP contribution in [-0.4, -0.2) is 34.8 Å². The van der Waals surface area contributed by atoms with E-state index in [2.05, 4.69) is 10.3 Å². The largest absolute Gasteiger partial charge is 0.491 e. The molecule has 30 heavy (non-hydrogen) atoms. The molecule has 1 aromatic carbocycles. The molecule has 0 bridgehead atoms. The van der Waals surface area contributed by atoms with Gasteiger partial charge in [0.2, 0.25) is 11.8 Å². The first-order valence-corrected chi connectivity index (χ1v) is 9.60. The van der Waals surface area contributed by atoms with Crippen molar-refractivity contribution in [3.8, 4) is 5.75 Å². The van der Waals surface area contributed by atoms with Gasteiger partial charge in [-0.1, -0.05) is 13.0 Å². The van der Waals surface area contributed by atoms with Crippen LogP contribution in [0.3, 0.4) is 0 Å². The number of halogens is 3. The predicted molar refractivity (Wildman–Crippen MR) is 104 cm³/mol. The summed E-state index contributed by atoms with van der Waals surface area (Å²) in [5, 5.41) is 2.52. The molecule has 3 rings (SSSR count). The number of benzene rings is 1. The number of pyridine rings is 1. The number of rotatable bonds is 7. The van der Waals surface area contributed by atoms with Crippen LogP contribution in [0.2, 0.25) is 0 Å². The first kappa shape index (κ1) is 21.6. The molecule has 1 fully saturated rings. The normalized spacial score (nSPS) is 16.6. The number of carbonyl (C=O) groups is 2. The Morgan fingerprint density at radius 2 is 2.10 bits per heavy atom. The number of carbonyl (C=O) groups excluding carboxylic acids is 2. The molecular formula is C21H22F3N3O3. The molecule has 1 aliphatic heterocycles. The van der Waals surface area contributed by atoms with Gasteiger partial charge < -0.3 is 15.0 Å². The van der Waals surface area contributed by atoms with Gasteiger partial charge in [0.15, 0.2) is 0 Å². The van der Waals surface area contributed by atoms with Crippen molar-refractivity contribution in [3.05, 3.63) is 53.9 Å². The summed E-state index contributed by atoms with van der Waals surface area (Å²) in [6.07, 6.45) is -2.28. The zero-order valence-electron chi connectivity index (χ0n) is 16.4. The standard InChI is InChI=1S/C21H22F3N3O3/c1-2-9-30-18-7-6-15(21(22,23)24)11-17(18)26-20(29)14-10-19(28)27(12-14)13-16-5-3-4-8-25-16/h3-8,11,14H,2,9-10,12-13H2,1H3,(H,26,29). The number of ether oxygens (including phenoxy) is 1. The number of hydrogen-bond acceptors (Lipinski definition) is 4. The monoisotopic (exact) mass is 421 g/mol. The Morgan fingerprint density at radius 3 is 2.77 bits per heavy atom. The van der Waals surface area contributed by atoms with Crippen molar-refractivity contribution in [2.75, 3.05) is 18.5 Å². The highest BCUT2D eigenvalue weighted by molar-refractivity contribution is 5.98. The topological polar surface area (TPSA) is 71.5 Å². The molecule has 1 unspecified atom stereocenters. The number of likely N-dealkylation sites (tertiary alicyclic amines) is 1. The highest BCUT2D eigenvalue weighted by Gasteiger charge is 2.35. The Balaban J connectivity index is 1.72. The molecular weight excluding hydrogens is 399 g/mol. The molecule has 2 amide bonds. The van der Waals surface area contributed by atoms with Crippen molar-refractivity contribution >= 4 is 17.5 Å². The predicted octanol–water partition coefficient (Wildman–Crippen LogP) is 3.88. The molecule has 0 radical (unpaired) electrons. The van der Waals surface area contributed by atoms with Gasteiger partial charge >= 0.3 is 6.18 Å². The van der Waals surface area contributed by atoms with Crippen molar-refractivity contribution in [2.45, 2.75) is 32.5 Å². The van der Waals surface area contributed by atoms with E-state index in [-0.39, 0.29) is 36.9 Å². The lowest BCUT2D eigenvalue weighted by atomic mass is 10.1. The van der Waals surface area contributed by atoms with Crippen molar-refractivity contribution < 1.29 is 27.5 Å². The van der Waals surface area contributed by atoms with E-state index < -0.39 is 23.6 Å². The molecule has 0 saturated carbocycles. The second-order valence-corrected chi connectivity index (χ2v) is 7.04. The van der Waals surface area contributed by atoms with Gasteiger partial charge in [0.25, 0.3) is 0 Å². The second kappa shape index (κ2) is 9.15. The minimum absolute atomic E-state index is 0.0111. The molecule has 2 heterocycles. The molecule has 1 N–H and O–H groups in total. The van der Waals surface area contributed by atoms with Gasteiger partial charge in [-0.2, -0.15) is 13.2 Å². The molecule has 160 valence electrons. The summed E-state index contributed by atoms with van der Waals surface area (Å²) in [5.74, 6) is -1.23. The van der Waals surface area contributed by atoms with E-state index >= 15 is 0 Å². The lowest BCUT2D eigenvalue weighted by Gasteiger charge is -2.18. The number of hydrogen-bond donors (Lipinski definition) is 1. The Kier molecular flexibility index (Phi) is 6.59. The Labute approximate surface area is 172 Å². The summed E-state index contributed by atoms with van der Waals surface area (Å²) in [7, 11) is 0. The van der Waals surface area contributed by atoms with Crippen LogP contribution in [-0.2, 0) is 22.3 Å². The van der Waals surface area contributed by atoms with Gasteiger partial charge in [-0.25, -0.2) is 0 Å². The maximum absolute atomic E-state index is 13.1. The average Bonchev–Trinajstić information content (AvgIpc) is 3.07. The van der Waals surface area contributed by atoms with Gasteiger partial charge in [-0.3, -0.25) is 14.6 Å². The number of amides is 2. The van der Waals surface area contributed by atoms with Crippen LogP contribution >= 0.6 is 0 Å². The fourth-order valence-corrected chi connectivity index (χ4v) is 3.16. The van der Waals surface area contributed by atoms with Crippen LogP contribution in [0.25, 0.3) is 0 Å². The van der Waals surface area contributed by atoms with Crippen LogP contribution in [0.15, 0.2) is 42.6 Å². The quantitative estimate of drug-likeness (QED) is 0.737. The first-order valence-electron chi connectivity index (χ1n) is 9.60. The van der Waals surface area contributed by atoms with Crippen LogP contribution in [0, 0.1) is 5.92 Å². The maximum atomic E-state index is 13.1. The summed E-state index contributed by atoms with van der Waals surface area (Å²) in [4.78, 5) is 30.7. The van der Waals surface area contributed by atoms with Crippen LogP contribution in [0.4, 0.5) is 18.9 Å². The lowest BCUT2D eigenvalue weighted by Crippen LogP contribution is -2.28. The van der Waals surface area contributed by atoms with Crippen molar-refractivity contribution in [2.24, 2.45) is 5.92 Å². The summed E-state index contributed by atoms with van der Waals surface area (Å²) in [5.41, 5.74) is -0.250. The van der Waals surface area contributed by atoms with Crippen LogP contribution in [0.5, 0.6) is 5.75 Å². The van der Waals surface area contributed by atoms with Crippen molar-refractivity contribution in [1.29, 1.82) is 0 Å². The fourth-order valence-electron chi connectivity index (χ4n) is 3.16. The van der Waals surface area contributed by atoms with Gasteiger partial charge in [-0.15, -0.1) is 0 Å². The minimum atomic E-state index is -4.55. The summed E-state index contributed by atoms with van der Waals surface area (Å²) < 4.78 is 44.7. The second-order valence-electron chi connectivity index (χ2n) is 7.04. The van der Waals surface area contributed by atoms with Crippen LogP contribution in [0.1, 0.15) is 31.0 Å². The number of nitrogens with one attached hydrogen (secondary N) is 1. The van der Waals surface area contributed by atoms with Gasteiger partial charge in [0, 0.05) is 19.2 Å². The molecule has 1 atom stereocenters. The average molecular weight is 421 g/mol. The van der Waals surface area contributed by atoms with E-state index in [9.17, 15) is 22.8 Å². The molecule has 0 aliphatic carbocycles. The smallest absolute Gasteiger partial charge is 0.416 e. The summed E-state index contributed by atoms with van der Waals surface area (Å²) >= 11 is 0. The van der Waals surface area contributed by atoms with Gasteiger partial charge in [0.1, 0.15) is 5.75 Å². The van der Waals surface area contributed by atoms with Gasteiger partial charge in [0.05, 0.1) is 36.0 Å². The minimum Gasteiger partial charge on any atom is -0.491 e. The highest BCUT2D eigenvalue weighted by Crippen LogP contribution is 2.35. The number of nitrogens with zero attached hydrogens (tertiary/aromatic N) is 2. The zero-order chi connectivity index (χ0) is 21.7. The Hall–Kier alpha value is -3.10. The third-order valence-corrected chi connectivity index (χ3v) is 4.69. The number of alkyl halides is 3. The molecule has 1 aromatic heterocycles. The van der Waals surface area contributed by atoms with Crippen molar-refractivity contribution in [3.63, 3.8) is 0 Å². The third-order valence-electron chi connectivity index (χ3n) is 4.69. The number of anilines is 1. The Morgan fingerprint density at radius 1 is 1.30 bits per heavy atom. The zero-order valence-corrected chi connectivity index (χ0v) is 16.4. The van der Waals surface area contributed by atoms with E-state index in [0.29, 0.717) is 18.7 Å². The summed E-state index contributed by atoms with van der Waals surface area (Å²) in [6.45, 7) is 2.61. The molecule has 2 aromatic rings. The molecule has 1 saturated heterocycles. The lowest BCUT2D eigenvalue weighted by molar-refractivity contribution is -0.137. The highest BCUT2D eigenvalue weighted by atomic mass is 19.4.